The smallest absolute Gasteiger partial charge is 0.333 e. The fraction of sp³-hybridized carbons (Fsp3) is 0.333. The van der Waals surface area contributed by atoms with Gasteiger partial charge in [0.1, 0.15) is 12.4 Å². The molecule has 1 aromatic rings. The monoisotopic (exact) mass is 260 g/mol. The first-order valence-corrected chi connectivity index (χ1v) is 6.10. The van der Waals surface area contributed by atoms with E-state index in [0.29, 0.717) is 18.5 Å². The van der Waals surface area contributed by atoms with Crippen molar-refractivity contribution in [3.63, 3.8) is 0 Å². The van der Waals surface area contributed by atoms with E-state index in [4.69, 9.17) is 4.74 Å². The molecule has 0 aromatic carbocycles. The summed E-state index contributed by atoms with van der Waals surface area (Å²) in [7, 11) is 0. The third kappa shape index (κ3) is 3.68. The van der Waals surface area contributed by atoms with Gasteiger partial charge in [-0.15, -0.1) is 13.2 Å². The first kappa shape index (κ1) is 15.0. The second-order valence-corrected chi connectivity index (χ2v) is 4.30. The molecule has 0 saturated heterocycles. The number of carbonyl (C=O) groups excluding carboxylic acids is 1. The number of ether oxygens (including phenoxy) is 1. The Hall–Kier alpha value is -2.10. The van der Waals surface area contributed by atoms with Crippen LogP contribution < -0.4 is 0 Å². The zero-order valence-electron chi connectivity index (χ0n) is 11.6. The Balaban J connectivity index is 2.96. The van der Waals surface area contributed by atoms with Gasteiger partial charge in [-0.25, -0.2) is 9.78 Å². The maximum absolute atomic E-state index is 11.4. The molecule has 0 spiro atoms. The van der Waals surface area contributed by atoms with Crippen molar-refractivity contribution in [1.82, 2.24) is 9.55 Å². The summed E-state index contributed by atoms with van der Waals surface area (Å²) in [5.41, 5.74) is 2.14. The van der Waals surface area contributed by atoms with Crippen molar-refractivity contribution < 1.29 is 9.53 Å². The summed E-state index contributed by atoms with van der Waals surface area (Å²) in [6.45, 7) is 15.4. The van der Waals surface area contributed by atoms with Gasteiger partial charge in [-0.3, -0.25) is 0 Å². The van der Waals surface area contributed by atoms with E-state index in [0.717, 1.165) is 17.2 Å². The normalized spacial score (nSPS) is 10.0. The van der Waals surface area contributed by atoms with E-state index in [1.165, 1.54) is 0 Å². The molecule has 0 aliphatic heterocycles. The maximum atomic E-state index is 11.4. The molecule has 0 saturated carbocycles. The van der Waals surface area contributed by atoms with Gasteiger partial charge < -0.3 is 9.30 Å². The third-order valence-corrected chi connectivity index (χ3v) is 2.68. The Bertz CT molecular complexity index is 512. The summed E-state index contributed by atoms with van der Waals surface area (Å²) >= 11 is 0. The number of hydrogen-bond acceptors (Lipinski definition) is 3. The van der Waals surface area contributed by atoms with E-state index in [9.17, 15) is 4.79 Å². The van der Waals surface area contributed by atoms with E-state index < -0.39 is 5.97 Å². The van der Waals surface area contributed by atoms with Gasteiger partial charge in [0, 0.05) is 24.2 Å². The summed E-state index contributed by atoms with van der Waals surface area (Å²) in [6.07, 6.45) is 4.29. The minimum Gasteiger partial charge on any atom is -0.456 e. The average molecular weight is 260 g/mol. The van der Waals surface area contributed by atoms with Gasteiger partial charge in [-0.05, 0) is 13.8 Å². The predicted molar refractivity (Wildman–Crippen MR) is 75.7 cm³/mol. The first-order valence-electron chi connectivity index (χ1n) is 6.10. The highest BCUT2D eigenvalue weighted by molar-refractivity contribution is 5.86. The lowest BCUT2D eigenvalue weighted by Crippen LogP contribution is -2.08. The fourth-order valence-electron chi connectivity index (χ4n) is 1.78. The zero-order chi connectivity index (χ0) is 14.4. The third-order valence-electron chi connectivity index (χ3n) is 2.68. The number of hydrogen-bond donors (Lipinski definition) is 0. The highest BCUT2D eigenvalue weighted by Gasteiger charge is 2.14. The molecule has 0 aliphatic carbocycles. The Morgan fingerprint density at radius 2 is 2.11 bits per heavy atom. The second kappa shape index (κ2) is 6.73. The van der Waals surface area contributed by atoms with E-state index >= 15 is 0 Å². The van der Waals surface area contributed by atoms with Crippen molar-refractivity contribution in [1.29, 1.82) is 0 Å². The van der Waals surface area contributed by atoms with Crippen molar-refractivity contribution in [2.75, 3.05) is 0 Å². The van der Waals surface area contributed by atoms with Gasteiger partial charge in [-0.2, -0.15) is 0 Å². The van der Waals surface area contributed by atoms with Crippen LogP contribution in [0.4, 0.5) is 0 Å². The van der Waals surface area contributed by atoms with Crippen molar-refractivity contribution in [3.8, 4) is 0 Å². The highest BCUT2D eigenvalue weighted by Crippen LogP contribution is 2.15. The van der Waals surface area contributed by atoms with Crippen molar-refractivity contribution in [3.05, 3.63) is 54.7 Å². The molecule has 1 rings (SSSR count). The van der Waals surface area contributed by atoms with Crippen LogP contribution in [0.2, 0.25) is 0 Å². The molecule has 4 heteroatoms. The molecule has 0 radical (unpaired) electrons. The minimum atomic E-state index is -0.402. The number of rotatable bonds is 7. The second-order valence-electron chi connectivity index (χ2n) is 4.30. The first-order chi connectivity index (χ1) is 9.01. The molecule has 1 aromatic heterocycles. The molecule has 0 bridgehead atoms. The van der Waals surface area contributed by atoms with Gasteiger partial charge in [-0.1, -0.05) is 18.7 Å². The van der Waals surface area contributed by atoms with Gasteiger partial charge in [0.2, 0.25) is 0 Å². The Morgan fingerprint density at radius 1 is 1.42 bits per heavy atom. The summed E-state index contributed by atoms with van der Waals surface area (Å²) in [6, 6.07) is 0. The van der Waals surface area contributed by atoms with Crippen LogP contribution in [0.5, 0.6) is 0 Å². The molecule has 0 aliphatic rings. The standard InChI is InChI=1S/C15H20N2O2/c1-6-8-14-13(10-19-15(18)11(3)4)16-12(5)17(14)9-7-2/h6-7H,1-3,8-10H2,4-5H3. The largest absolute Gasteiger partial charge is 0.456 e. The van der Waals surface area contributed by atoms with Crippen LogP contribution in [-0.2, 0) is 29.1 Å². The van der Waals surface area contributed by atoms with Crippen molar-refractivity contribution >= 4 is 5.97 Å². The maximum Gasteiger partial charge on any atom is 0.333 e. The van der Waals surface area contributed by atoms with E-state index in [1.54, 1.807) is 13.0 Å². The average Bonchev–Trinajstić information content (AvgIpc) is 2.65. The van der Waals surface area contributed by atoms with Gasteiger partial charge in [0.05, 0.1) is 5.69 Å². The van der Waals surface area contributed by atoms with Crippen LogP contribution in [0.25, 0.3) is 0 Å². The fourth-order valence-corrected chi connectivity index (χ4v) is 1.78. The number of aryl methyl sites for hydroxylation is 1. The lowest BCUT2D eigenvalue weighted by Gasteiger charge is -2.08. The van der Waals surface area contributed by atoms with E-state index in [1.807, 2.05) is 17.6 Å². The molecule has 102 valence electrons. The molecule has 0 fully saturated rings. The van der Waals surface area contributed by atoms with E-state index in [2.05, 4.69) is 24.7 Å². The molecule has 0 amide bonds. The molecule has 0 atom stereocenters. The number of aromatic nitrogens is 2. The predicted octanol–water partition coefficient (Wildman–Crippen LogP) is 2.73. The number of allylic oxidation sites excluding steroid dienone is 2. The molecule has 19 heavy (non-hydrogen) atoms. The van der Waals surface area contributed by atoms with Crippen molar-refractivity contribution in [2.45, 2.75) is 33.4 Å². The lowest BCUT2D eigenvalue weighted by atomic mass is 10.2. The molecule has 0 N–H and O–H groups in total. The summed E-state index contributed by atoms with van der Waals surface area (Å²) in [5.74, 6) is 0.471. The van der Waals surface area contributed by atoms with Crippen LogP contribution in [0.15, 0.2) is 37.5 Å². The molecule has 0 unspecified atom stereocenters. The summed E-state index contributed by atoms with van der Waals surface area (Å²) in [4.78, 5) is 15.8. The Morgan fingerprint density at radius 3 is 2.63 bits per heavy atom. The number of carbonyl (C=O) groups is 1. The molecule has 4 nitrogen and oxygen atoms in total. The van der Waals surface area contributed by atoms with Crippen molar-refractivity contribution in [2.24, 2.45) is 0 Å². The minimum absolute atomic E-state index is 0.153. The molecule has 1 heterocycles. The van der Waals surface area contributed by atoms with E-state index in [-0.39, 0.29) is 6.61 Å². The van der Waals surface area contributed by atoms with Crippen LogP contribution in [0.3, 0.4) is 0 Å². The number of nitrogens with zero attached hydrogens (tertiary/aromatic N) is 2. The Labute approximate surface area is 114 Å². The van der Waals surface area contributed by atoms with Crippen LogP contribution >= 0.6 is 0 Å². The summed E-state index contributed by atoms with van der Waals surface area (Å²) < 4.78 is 7.19. The van der Waals surface area contributed by atoms with Crippen LogP contribution in [0.1, 0.15) is 24.1 Å². The lowest BCUT2D eigenvalue weighted by molar-refractivity contribution is -0.140. The number of imidazole rings is 1. The highest BCUT2D eigenvalue weighted by atomic mass is 16.5. The summed E-state index contributed by atoms with van der Waals surface area (Å²) in [5, 5.41) is 0. The Kier molecular flexibility index (Phi) is 5.30. The molecular formula is C15H20N2O2. The van der Waals surface area contributed by atoms with Crippen LogP contribution in [-0.4, -0.2) is 15.5 Å². The van der Waals surface area contributed by atoms with Gasteiger partial charge in [0.25, 0.3) is 0 Å². The SMILES string of the molecule is C=CCc1c(COC(=O)C(=C)C)nc(C)n1CC=C. The van der Waals surface area contributed by atoms with Crippen LogP contribution in [0, 0.1) is 6.92 Å². The van der Waals surface area contributed by atoms with Gasteiger partial charge in [0.15, 0.2) is 0 Å². The number of esters is 1. The zero-order valence-corrected chi connectivity index (χ0v) is 11.6. The van der Waals surface area contributed by atoms with Gasteiger partial charge >= 0.3 is 5.97 Å². The molecular weight excluding hydrogens is 240 g/mol. The topological polar surface area (TPSA) is 44.1 Å². The quantitative estimate of drug-likeness (QED) is 0.430.